The number of benzene rings is 2. The smallest absolute Gasteiger partial charge is 0.263 e. The normalized spacial score (nSPS) is 11.1. The zero-order chi connectivity index (χ0) is 17.9. The summed E-state index contributed by atoms with van der Waals surface area (Å²) in [6.07, 6.45) is 1.33. The second-order valence-corrected chi connectivity index (χ2v) is 7.13. The van der Waals surface area contributed by atoms with Crippen LogP contribution in [0.15, 0.2) is 71.8 Å². The number of nitrogens with zero attached hydrogens (tertiary/aromatic N) is 1. The highest BCUT2D eigenvalue weighted by Gasteiger charge is 2.17. The van der Waals surface area contributed by atoms with Crippen molar-refractivity contribution in [2.24, 2.45) is 0 Å². The third-order valence-corrected chi connectivity index (χ3v) is 5.16. The maximum absolute atomic E-state index is 13.6. The molecule has 0 spiro atoms. The molecule has 5 nitrogen and oxygen atoms in total. The summed E-state index contributed by atoms with van der Waals surface area (Å²) in [4.78, 5) is 4.05. The van der Waals surface area contributed by atoms with Crippen molar-refractivity contribution < 1.29 is 12.8 Å². The third kappa shape index (κ3) is 4.07. The first-order valence-corrected chi connectivity index (χ1v) is 9.07. The van der Waals surface area contributed by atoms with E-state index in [4.69, 9.17) is 11.6 Å². The molecule has 0 atom stereocenters. The van der Waals surface area contributed by atoms with Crippen molar-refractivity contribution in [1.82, 2.24) is 4.98 Å². The molecule has 2 aromatic carbocycles. The summed E-state index contributed by atoms with van der Waals surface area (Å²) in [5.74, 6) is -0.0291. The standard InChI is InChI=1S/C17H13ClFN3O2S/c18-13-5-1-4-8-16(13)25(23,24)22-12-9-10-17(20-11-12)21-15-7-3-2-6-14(15)19/h1-11,22H,(H,20,21). The van der Waals surface area contributed by atoms with Crippen molar-refractivity contribution in [3.8, 4) is 0 Å². The predicted molar refractivity (Wildman–Crippen MR) is 96.2 cm³/mol. The van der Waals surface area contributed by atoms with E-state index in [0.29, 0.717) is 5.82 Å². The van der Waals surface area contributed by atoms with Gasteiger partial charge in [0.1, 0.15) is 16.5 Å². The Morgan fingerprint density at radius 3 is 2.36 bits per heavy atom. The molecule has 3 aromatic rings. The van der Waals surface area contributed by atoms with E-state index in [9.17, 15) is 12.8 Å². The number of halogens is 2. The Morgan fingerprint density at radius 2 is 1.68 bits per heavy atom. The first-order chi connectivity index (χ1) is 12.0. The van der Waals surface area contributed by atoms with Crippen LogP contribution in [0.5, 0.6) is 0 Å². The molecular weight excluding hydrogens is 365 g/mol. The molecule has 2 N–H and O–H groups in total. The van der Waals surface area contributed by atoms with Crippen LogP contribution in [0.2, 0.25) is 5.02 Å². The minimum absolute atomic E-state index is 0.0229. The van der Waals surface area contributed by atoms with Crippen LogP contribution in [-0.4, -0.2) is 13.4 Å². The van der Waals surface area contributed by atoms with Crippen LogP contribution in [0.25, 0.3) is 0 Å². The number of rotatable bonds is 5. The van der Waals surface area contributed by atoms with Crippen LogP contribution in [-0.2, 0) is 10.0 Å². The number of pyridine rings is 1. The van der Waals surface area contributed by atoms with Crippen LogP contribution < -0.4 is 10.0 Å². The number of para-hydroxylation sites is 1. The fourth-order valence-corrected chi connectivity index (χ4v) is 3.67. The van der Waals surface area contributed by atoms with E-state index >= 15 is 0 Å². The van der Waals surface area contributed by atoms with Gasteiger partial charge in [-0.25, -0.2) is 17.8 Å². The third-order valence-electron chi connectivity index (χ3n) is 3.28. The molecule has 0 aliphatic rings. The van der Waals surface area contributed by atoms with Gasteiger partial charge < -0.3 is 5.32 Å². The van der Waals surface area contributed by atoms with Crippen molar-refractivity contribution in [2.75, 3.05) is 10.0 Å². The molecule has 8 heteroatoms. The molecule has 0 amide bonds. The van der Waals surface area contributed by atoms with Gasteiger partial charge in [0, 0.05) is 0 Å². The Morgan fingerprint density at radius 1 is 0.960 bits per heavy atom. The van der Waals surface area contributed by atoms with Crippen LogP contribution in [0, 0.1) is 5.82 Å². The predicted octanol–water partition coefficient (Wildman–Crippen LogP) is 4.42. The van der Waals surface area contributed by atoms with Crippen LogP contribution in [0.4, 0.5) is 21.6 Å². The Bertz CT molecular complexity index is 995. The van der Waals surface area contributed by atoms with Gasteiger partial charge in [0.25, 0.3) is 10.0 Å². The minimum atomic E-state index is -3.82. The fourth-order valence-electron chi connectivity index (χ4n) is 2.10. The SMILES string of the molecule is O=S(=O)(Nc1ccc(Nc2ccccc2F)nc1)c1ccccc1Cl. The summed E-state index contributed by atoms with van der Waals surface area (Å²) in [5, 5.41) is 2.94. The van der Waals surface area contributed by atoms with Gasteiger partial charge in [-0.3, -0.25) is 4.72 Å². The average molecular weight is 378 g/mol. The molecule has 0 radical (unpaired) electrons. The first-order valence-electron chi connectivity index (χ1n) is 7.21. The number of nitrogens with one attached hydrogen (secondary N) is 2. The lowest BCUT2D eigenvalue weighted by Crippen LogP contribution is -2.13. The number of hydrogen-bond acceptors (Lipinski definition) is 4. The van der Waals surface area contributed by atoms with Gasteiger partial charge in [0.05, 0.1) is 22.6 Å². The van der Waals surface area contributed by atoms with Crippen LogP contribution in [0.1, 0.15) is 0 Å². The minimum Gasteiger partial charge on any atom is -0.338 e. The van der Waals surface area contributed by atoms with Gasteiger partial charge in [-0.1, -0.05) is 35.9 Å². The van der Waals surface area contributed by atoms with Crippen molar-refractivity contribution in [2.45, 2.75) is 4.90 Å². The Balaban J connectivity index is 1.77. The van der Waals surface area contributed by atoms with Crippen molar-refractivity contribution in [1.29, 1.82) is 0 Å². The highest BCUT2D eigenvalue weighted by Crippen LogP contribution is 2.24. The van der Waals surface area contributed by atoms with Gasteiger partial charge in [-0.05, 0) is 36.4 Å². The summed E-state index contributed by atoms with van der Waals surface area (Å²) in [6.45, 7) is 0. The summed E-state index contributed by atoms with van der Waals surface area (Å²) in [7, 11) is -3.82. The second kappa shape index (κ2) is 7.08. The molecule has 1 heterocycles. The monoisotopic (exact) mass is 377 g/mol. The van der Waals surface area contributed by atoms with E-state index in [-0.39, 0.29) is 21.3 Å². The molecule has 0 aliphatic carbocycles. The lowest BCUT2D eigenvalue weighted by Gasteiger charge is -2.10. The fraction of sp³-hybridized carbons (Fsp3) is 0. The van der Waals surface area contributed by atoms with E-state index in [0.717, 1.165) is 0 Å². The van der Waals surface area contributed by atoms with E-state index in [1.54, 1.807) is 30.3 Å². The molecule has 128 valence electrons. The molecule has 0 fully saturated rings. The van der Waals surface area contributed by atoms with E-state index < -0.39 is 15.8 Å². The van der Waals surface area contributed by atoms with Gasteiger partial charge in [-0.2, -0.15) is 0 Å². The lowest BCUT2D eigenvalue weighted by molar-refractivity contribution is 0.601. The second-order valence-electron chi connectivity index (χ2n) is 5.07. The topological polar surface area (TPSA) is 71.1 Å². The maximum Gasteiger partial charge on any atom is 0.263 e. The highest BCUT2D eigenvalue weighted by molar-refractivity contribution is 7.92. The van der Waals surface area contributed by atoms with E-state index in [1.807, 2.05) is 0 Å². The van der Waals surface area contributed by atoms with Gasteiger partial charge in [0.15, 0.2) is 0 Å². The number of hydrogen-bond donors (Lipinski definition) is 2. The Kier molecular flexibility index (Phi) is 4.87. The summed E-state index contributed by atoms with van der Waals surface area (Å²) in [5.41, 5.74) is 0.540. The number of sulfonamides is 1. The summed E-state index contributed by atoms with van der Waals surface area (Å²) < 4.78 is 40.7. The zero-order valence-electron chi connectivity index (χ0n) is 12.8. The molecule has 3 rings (SSSR count). The summed E-state index contributed by atoms with van der Waals surface area (Å²) in [6, 6.07) is 15.4. The first kappa shape index (κ1) is 17.2. The summed E-state index contributed by atoms with van der Waals surface area (Å²) >= 11 is 5.93. The number of anilines is 3. The largest absolute Gasteiger partial charge is 0.338 e. The average Bonchev–Trinajstić information content (AvgIpc) is 2.58. The van der Waals surface area contributed by atoms with E-state index in [2.05, 4.69) is 15.0 Å². The molecular formula is C17H13ClFN3O2S. The van der Waals surface area contributed by atoms with Crippen LogP contribution >= 0.6 is 11.6 Å². The van der Waals surface area contributed by atoms with E-state index in [1.165, 1.54) is 36.5 Å². The molecule has 0 unspecified atom stereocenters. The molecule has 0 saturated heterocycles. The Hall–Kier alpha value is -2.64. The molecule has 0 bridgehead atoms. The quantitative estimate of drug-likeness (QED) is 0.690. The van der Waals surface area contributed by atoms with Gasteiger partial charge in [-0.15, -0.1) is 0 Å². The molecule has 25 heavy (non-hydrogen) atoms. The van der Waals surface area contributed by atoms with Crippen molar-refractivity contribution in [3.63, 3.8) is 0 Å². The molecule has 0 saturated carbocycles. The molecule has 1 aromatic heterocycles. The van der Waals surface area contributed by atoms with Gasteiger partial charge in [0.2, 0.25) is 0 Å². The zero-order valence-corrected chi connectivity index (χ0v) is 14.4. The van der Waals surface area contributed by atoms with Crippen molar-refractivity contribution in [3.05, 3.63) is 77.7 Å². The molecule has 0 aliphatic heterocycles. The maximum atomic E-state index is 13.6. The van der Waals surface area contributed by atoms with Crippen LogP contribution in [0.3, 0.4) is 0 Å². The van der Waals surface area contributed by atoms with Crippen molar-refractivity contribution >= 4 is 38.8 Å². The van der Waals surface area contributed by atoms with Gasteiger partial charge >= 0.3 is 0 Å². The highest BCUT2D eigenvalue weighted by atomic mass is 35.5. The number of aromatic nitrogens is 1. The Labute approximate surface area is 149 Å². The lowest BCUT2D eigenvalue weighted by atomic mass is 10.3.